The zero-order valence-corrected chi connectivity index (χ0v) is 32.8. The van der Waals surface area contributed by atoms with Crippen LogP contribution >= 0.6 is 11.6 Å². The van der Waals surface area contributed by atoms with Gasteiger partial charge in [0, 0.05) is 46.2 Å². The lowest BCUT2D eigenvalue weighted by Crippen LogP contribution is -2.63. The molecule has 9 atom stereocenters. The number of nitrogens with one attached hydrogen (secondary N) is 1. The predicted molar refractivity (Wildman–Crippen MR) is 196 cm³/mol. The average Bonchev–Trinajstić information content (AvgIpc) is 3.75. The van der Waals surface area contributed by atoms with Gasteiger partial charge in [0.05, 0.1) is 25.3 Å². The summed E-state index contributed by atoms with van der Waals surface area (Å²) < 4.78 is 29.2. The monoisotopic (exact) mass is 769 g/mol. The number of amides is 3. The molecule has 16 heteroatoms. The summed E-state index contributed by atoms with van der Waals surface area (Å²) in [7, 11) is 5.33. The number of alkyl carbamates (subject to hydrolysis) is 1. The van der Waals surface area contributed by atoms with E-state index in [9.17, 15) is 24.3 Å². The highest BCUT2D eigenvalue weighted by Gasteiger charge is 2.64. The number of anilines is 1. The average molecular weight is 770 g/mol. The molecule has 3 amide bonds. The molecular weight excluding hydrogens is 722 g/mol. The van der Waals surface area contributed by atoms with Crippen molar-refractivity contribution in [1.29, 1.82) is 0 Å². The Kier molecular flexibility index (Phi) is 13.0. The molecule has 4 bridgehead atoms. The Morgan fingerprint density at radius 1 is 1.29 bits per heavy atom. The van der Waals surface area contributed by atoms with Crippen LogP contribution in [0.4, 0.5) is 10.5 Å². The van der Waals surface area contributed by atoms with Gasteiger partial charge in [0.15, 0.2) is 5.72 Å². The topological polar surface area (TPSA) is 156 Å². The minimum absolute atomic E-state index is 0.0548. The fourth-order valence-electron chi connectivity index (χ4n) is 6.60. The van der Waals surface area contributed by atoms with E-state index in [2.05, 4.69) is 5.32 Å². The van der Waals surface area contributed by atoms with Gasteiger partial charge in [0.25, 0.3) is 0 Å². The molecule has 3 aliphatic heterocycles. The van der Waals surface area contributed by atoms with E-state index in [-0.39, 0.29) is 29.5 Å². The summed E-state index contributed by atoms with van der Waals surface area (Å²) in [5.41, 5.74) is -0.941. The number of benzene rings is 1. The summed E-state index contributed by atoms with van der Waals surface area (Å²) in [6, 6.07) is 2.58. The highest BCUT2D eigenvalue weighted by atomic mass is 35.5. The second-order valence-electron chi connectivity index (χ2n) is 13.6. The van der Waals surface area contributed by atoms with Crippen LogP contribution in [0.15, 0.2) is 35.9 Å². The smallest absolute Gasteiger partial charge is 0.409 e. The molecule has 0 saturated carbocycles. The van der Waals surface area contributed by atoms with Gasteiger partial charge in [0.1, 0.15) is 40.7 Å². The second kappa shape index (κ2) is 16.3. The molecule has 0 aliphatic carbocycles. The van der Waals surface area contributed by atoms with Crippen LogP contribution in [0, 0.1) is 5.92 Å². The molecule has 282 valence electrons. The van der Waals surface area contributed by atoms with Gasteiger partial charge in [-0.25, -0.2) is 9.59 Å². The van der Waals surface area contributed by atoms with E-state index in [1.807, 2.05) is 13.0 Å². The van der Waals surface area contributed by atoms with E-state index < -0.39 is 75.1 Å². The maximum atomic E-state index is 14.1. The lowest BCUT2D eigenvalue weighted by atomic mass is 9.83. The lowest BCUT2D eigenvalue weighted by Gasteiger charge is -2.42. The van der Waals surface area contributed by atoms with Gasteiger partial charge < -0.3 is 38.6 Å². The number of rotatable bonds is 7. The van der Waals surface area contributed by atoms with Gasteiger partial charge in [-0.15, -0.1) is 9.45 Å². The van der Waals surface area contributed by atoms with Gasteiger partial charge in [-0.2, -0.15) is 0 Å². The highest BCUT2D eigenvalue weighted by molar-refractivity contribution is 8.28. The van der Waals surface area contributed by atoms with Crippen molar-refractivity contribution in [3.63, 3.8) is 0 Å². The number of nitrogens with zero attached hydrogens (tertiary/aromatic N) is 2. The van der Waals surface area contributed by atoms with Crippen LogP contribution in [0.5, 0.6) is 5.75 Å². The molecule has 2 saturated heterocycles. The van der Waals surface area contributed by atoms with Crippen molar-refractivity contribution < 1.29 is 48.0 Å². The van der Waals surface area contributed by atoms with Crippen molar-refractivity contribution >= 4 is 61.8 Å². The minimum atomic E-state index is -1.83. The van der Waals surface area contributed by atoms with Crippen LogP contribution in [0.3, 0.4) is 0 Å². The molecule has 2 unspecified atom stereocenters. The third-order valence-electron chi connectivity index (χ3n) is 9.84. The summed E-state index contributed by atoms with van der Waals surface area (Å²) in [5.74, 6) is -1.52. The molecular formula is C35H48ClN3O10S2. The number of hydrogen-bond acceptors (Lipinski definition) is 11. The van der Waals surface area contributed by atoms with Gasteiger partial charge >= 0.3 is 12.1 Å². The lowest BCUT2D eigenvalue weighted by molar-refractivity contribution is -0.161. The van der Waals surface area contributed by atoms with E-state index in [1.54, 1.807) is 51.4 Å². The number of esters is 1. The summed E-state index contributed by atoms with van der Waals surface area (Å²) >= 11 is 12.1. The number of carbonyl (C=O) groups excluding carboxylic acids is 4. The first-order valence-corrected chi connectivity index (χ1v) is 19.6. The molecule has 51 heavy (non-hydrogen) atoms. The van der Waals surface area contributed by atoms with Gasteiger partial charge in [0.2, 0.25) is 11.8 Å². The number of hydrogen-bond donors (Lipinski definition) is 2. The number of carbonyl (C=O) groups is 4. The quantitative estimate of drug-likeness (QED) is 0.310. The van der Waals surface area contributed by atoms with Crippen LogP contribution in [0.2, 0.25) is 5.02 Å². The maximum absolute atomic E-state index is 14.1. The first kappa shape index (κ1) is 40.7. The highest BCUT2D eigenvalue weighted by Crippen LogP contribution is 2.49. The molecule has 3 aliphatic rings. The zero-order chi connectivity index (χ0) is 38.0. The van der Waals surface area contributed by atoms with Gasteiger partial charge in [-0.1, -0.05) is 53.5 Å². The molecule has 4 rings (SSSR count). The Balaban J connectivity index is 1.81. The van der Waals surface area contributed by atoms with Crippen molar-refractivity contribution in [1.82, 2.24) is 10.2 Å². The molecule has 13 nitrogen and oxygen atoms in total. The number of ether oxygens (including phenoxy) is 5. The first-order valence-electron chi connectivity index (χ1n) is 16.5. The Bertz CT molecular complexity index is 1620. The number of aliphatic hydroxyl groups is 1. The van der Waals surface area contributed by atoms with Crippen molar-refractivity contribution in [2.75, 3.05) is 45.2 Å². The van der Waals surface area contributed by atoms with Crippen molar-refractivity contribution in [3.8, 4) is 5.75 Å². The van der Waals surface area contributed by atoms with Gasteiger partial charge in [-0.05, 0) is 44.2 Å². The number of fused-ring (bicyclic) bond motifs is 5. The van der Waals surface area contributed by atoms with Crippen molar-refractivity contribution in [2.24, 2.45) is 5.92 Å². The van der Waals surface area contributed by atoms with Crippen LogP contribution < -0.4 is 15.0 Å². The molecule has 1 aromatic rings. The zero-order valence-electron chi connectivity index (χ0n) is 30.4. The number of epoxide rings is 1. The van der Waals surface area contributed by atoms with E-state index in [0.717, 1.165) is 11.1 Å². The predicted octanol–water partition coefficient (Wildman–Crippen LogP) is 3.22. The molecule has 0 spiro atoms. The minimum Gasteiger partial charge on any atom is -0.495 e. The largest absolute Gasteiger partial charge is 0.495 e. The standard InChI is InChI=1S/C35H48ClN3O10S2/c1-19-11-10-12-27(46-8)35(44)17-26(47-33(43)37-35)20(2)31-34(4,49-31)28(48-32(42)24(18-51(9)50)38(5)21(3)40)16-29(41)39(6)23-14-22(13-19)15-25(45-7)30(23)36/h10-12,14-15,20,24,26-28,31,44H,13,16-18H2,1-9H3,(H,37,43)/t20-,24-,26+,27-,28+,31?,34+,35+,51?/m1/s1. The van der Waals surface area contributed by atoms with Crippen LogP contribution in [-0.4, -0.2) is 116 Å². The third-order valence-corrected chi connectivity index (χ3v) is 11.4. The molecule has 0 radical (unpaired) electrons. The molecule has 3 heterocycles. The van der Waals surface area contributed by atoms with Gasteiger partial charge in [-0.3, -0.25) is 14.9 Å². The fourth-order valence-corrected chi connectivity index (χ4v) is 8.11. The van der Waals surface area contributed by atoms with E-state index in [4.69, 9.17) is 46.5 Å². The SMILES string of the molecule is COc1cc2cc(c1Cl)N(C)C(=O)C[C@H](OC(=O)[C@@H](CS(C)=S)N(C)C(C)=O)[C@]1(C)OC1[C@H](C)[C@@H]1C[C@@](O)(NC(=O)O1)[C@H](OC)C=CC=C(C)C2. The maximum Gasteiger partial charge on any atom is 0.409 e. The number of likely N-dealkylation sites (N-methyl/N-ethyl adjacent to an activating group) is 1. The Hall–Kier alpha value is -3.08. The third kappa shape index (κ3) is 9.11. The van der Waals surface area contributed by atoms with Crippen LogP contribution in [-0.2, 0) is 60.4 Å². The Morgan fingerprint density at radius 2 is 1.98 bits per heavy atom. The Labute approximate surface area is 311 Å². The van der Waals surface area contributed by atoms with Crippen LogP contribution in [0.1, 0.15) is 46.1 Å². The second-order valence-corrected chi connectivity index (χ2v) is 17.2. The Morgan fingerprint density at radius 3 is 2.59 bits per heavy atom. The molecule has 1 aromatic carbocycles. The summed E-state index contributed by atoms with van der Waals surface area (Å²) in [6.45, 7) is 6.77. The summed E-state index contributed by atoms with van der Waals surface area (Å²) in [6.07, 6.45) is 2.65. The summed E-state index contributed by atoms with van der Waals surface area (Å²) in [5, 5.41) is 14.4. The van der Waals surface area contributed by atoms with Crippen molar-refractivity contribution in [2.45, 2.75) is 88.7 Å². The molecule has 2 N–H and O–H groups in total. The van der Waals surface area contributed by atoms with Crippen LogP contribution in [0.25, 0.3) is 0 Å². The normalized spacial score (nSPS) is 30.9. The number of methoxy groups -OCH3 is 2. The number of allylic oxidation sites excluding steroid dienone is 3. The van der Waals surface area contributed by atoms with E-state index >= 15 is 0 Å². The van der Waals surface area contributed by atoms with E-state index in [1.165, 1.54) is 38.0 Å². The summed E-state index contributed by atoms with van der Waals surface area (Å²) in [4.78, 5) is 55.8. The molecule has 0 aromatic heterocycles. The molecule has 2 fully saturated rings. The first-order chi connectivity index (χ1) is 23.8. The van der Waals surface area contributed by atoms with E-state index in [0.29, 0.717) is 17.9 Å². The number of halogens is 1. The van der Waals surface area contributed by atoms with Crippen molar-refractivity contribution in [3.05, 3.63) is 46.5 Å². The fraction of sp³-hybridized carbons (Fsp3) is 0.600.